The number of piperidine rings is 1. The summed E-state index contributed by atoms with van der Waals surface area (Å²) < 4.78 is 5.98. The lowest BCUT2D eigenvalue weighted by atomic mass is 9.82. The zero-order valence-electron chi connectivity index (χ0n) is 18.5. The average molecular weight is 427 g/mol. The molecule has 168 valence electrons. The lowest BCUT2D eigenvalue weighted by Gasteiger charge is -2.39. The Balaban J connectivity index is 1.44. The van der Waals surface area contributed by atoms with E-state index in [2.05, 4.69) is 23.3 Å². The largest absolute Gasteiger partial charge is 0.489 e. The molecular weight excluding hydrogens is 392 g/mol. The Morgan fingerprint density at radius 3 is 2.77 bits per heavy atom. The van der Waals surface area contributed by atoms with Gasteiger partial charge in [-0.25, -0.2) is 0 Å². The number of nitrogens with zero attached hydrogens (tertiary/aromatic N) is 3. The molecule has 0 aromatic heterocycles. The number of amides is 2. The van der Waals surface area contributed by atoms with E-state index in [1.54, 1.807) is 0 Å². The number of nitrogens with one attached hydrogen (secondary N) is 1. The van der Waals surface area contributed by atoms with Crippen LogP contribution >= 0.6 is 0 Å². The Morgan fingerprint density at radius 1 is 1.13 bits per heavy atom. The minimum atomic E-state index is 0.125. The molecule has 2 saturated heterocycles. The van der Waals surface area contributed by atoms with Gasteiger partial charge in [0, 0.05) is 57.8 Å². The monoisotopic (exact) mass is 426 g/mol. The molecule has 0 saturated carbocycles. The van der Waals surface area contributed by atoms with Crippen LogP contribution in [0.25, 0.3) is 0 Å². The van der Waals surface area contributed by atoms with Crippen molar-refractivity contribution in [3.05, 3.63) is 42.0 Å². The average Bonchev–Trinajstić information content (AvgIpc) is 2.79. The Morgan fingerprint density at radius 2 is 1.94 bits per heavy atom. The van der Waals surface area contributed by atoms with E-state index >= 15 is 0 Å². The van der Waals surface area contributed by atoms with Gasteiger partial charge in [0.25, 0.3) is 0 Å². The third-order valence-electron chi connectivity index (χ3n) is 6.73. The normalized spacial score (nSPS) is 26.7. The van der Waals surface area contributed by atoms with Crippen LogP contribution in [0.4, 0.5) is 0 Å². The zero-order chi connectivity index (χ0) is 21.6. The first kappa shape index (κ1) is 21.8. The summed E-state index contributed by atoms with van der Waals surface area (Å²) in [6.07, 6.45) is 5.63. The molecule has 7 nitrogen and oxygen atoms in total. The van der Waals surface area contributed by atoms with Gasteiger partial charge in [0.1, 0.15) is 12.4 Å². The van der Waals surface area contributed by atoms with Gasteiger partial charge in [-0.1, -0.05) is 30.4 Å². The molecule has 7 heteroatoms. The van der Waals surface area contributed by atoms with Gasteiger partial charge in [-0.2, -0.15) is 0 Å². The van der Waals surface area contributed by atoms with Crippen LogP contribution in [0, 0.1) is 11.8 Å². The van der Waals surface area contributed by atoms with E-state index in [9.17, 15) is 9.59 Å². The minimum Gasteiger partial charge on any atom is -0.489 e. The summed E-state index contributed by atoms with van der Waals surface area (Å²) in [5.74, 6) is 1.66. The van der Waals surface area contributed by atoms with Gasteiger partial charge < -0.3 is 24.8 Å². The number of hydrogen-bond donors (Lipinski definition) is 1. The van der Waals surface area contributed by atoms with Crippen molar-refractivity contribution < 1.29 is 14.3 Å². The zero-order valence-corrected chi connectivity index (χ0v) is 18.5. The van der Waals surface area contributed by atoms with Crippen molar-refractivity contribution in [2.75, 3.05) is 59.5 Å². The molecule has 1 aromatic carbocycles. The molecule has 1 aromatic rings. The summed E-state index contributed by atoms with van der Waals surface area (Å²) in [5.41, 5.74) is 1.05. The number of ether oxygens (including phenoxy) is 1. The smallest absolute Gasteiger partial charge is 0.236 e. The van der Waals surface area contributed by atoms with E-state index in [4.69, 9.17) is 4.74 Å². The molecule has 0 radical (unpaired) electrons. The van der Waals surface area contributed by atoms with Crippen molar-refractivity contribution in [2.45, 2.75) is 19.4 Å². The van der Waals surface area contributed by atoms with Gasteiger partial charge in [-0.15, -0.1) is 0 Å². The van der Waals surface area contributed by atoms with Crippen LogP contribution in [0.5, 0.6) is 5.75 Å². The van der Waals surface area contributed by atoms with E-state index in [0.29, 0.717) is 32.7 Å². The SMILES string of the molecule is CN1CCN(C(=O)C[C@@H]2CCN3C[C@@H]2/C=C/COc2ccccc2CNCC3=O)CC1. The Kier molecular flexibility index (Phi) is 7.25. The van der Waals surface area contributed by atoms with Crippen LogP contribution in [-0.2, 0) is 16.1 Å². The standard InChI is InChI=1S/C24H34N4O3/c1-26-10-12-27(13-11-26)23(29)15-19-8-9-28-18-21(19)6-4-14-31-22-7-3-2-5-20(22)16-25-17-24(28)30/h2-7,19,21,25H,8-18H2,1H3/b6-4+/t19-,21-/m0/s1. The Bertz CT molecular complexity index is 804. The number of likely N-dealkylation sites (N-methyl/N-ethyl adjacent to an activating group) is 1. The number of carbonyl (C=O) groups excluding carboxylic acids is 2. The van der Waals surface area contributed by atoms with Crippen molar-refractivity contribution >= 4 is 11.8 Å². The third-order valence-corrected chi connectivity index (χ3v) is 6.73. The summed E-state index contributed by atoms with van der Waals surface area (Å²) in [4.78, 5) is 31.9. The number of carbonyl (C=O) groups is 2. The summed E-state index contributed by atoms with van der Waals surface area (Å²) in [6, 6.07) is 7.93. The van der Waals surface area contributed by atoms with E-state index in [-0.39, 0.29) is 23.7 Å². The van der Waals surface area contributed by atoms with Gasteiger partial charge >= 0.3 is 0 Å². The molecule has 2 amide bonds. The van der Waals surface area contributed by atoms with Gasteiger partial charge in [0.15, 0.2) is 0 Å². The lowest BCUT2D eigenvalue weighted by Crippen LogP contribution is -2.49. The maximum atomic E-state index is 12.9. The third kappa shape index (κ3) is 5.66. The van der Waals surface area contributed by atoms with Crippen LogP contribution < -0.4 is 10.1 Å². The second-order valence-electron chi connectivity index (χ2n) is 8.89. The van der Waals surface area contributed by atoms with Crippen molar-refractivity contribution in [1.29, 1.82) is 0 Å². The first-order valence-corrected chi connectivity index (χ1v) is 11.4. The summed E-state index contributed by atoms with van der Waals surface area (Å²) in [6.45, 7) is 6.30. The first-order chi connectivity index (χ1) is 15.1. The molecule has 0 spiro atoms. The van der Waals surface area contributed by atoms with Gasteiger partial charge in [0.2, 0.25) is 11.8 Å². The highest BCUT2D eigenvalue weighted by Gasteiger charge is 2.32. The van der Waals surface area contributed by atoms with E-state index < -0.39 is 0 Å². The summed E-state index contributed by atoms with van der Waals surface area (Å²) in [5, 5.41) is 3.27. The Hall–Kier alpha value is -2.38. The number of rotatable bonds is 2. The Labute approximate surface area is 185 Å². The molecule has 1 N–H and O–H groups in total. The molecular formula is C24H34N4O3. The van der Waals surface area contributed by atoms with Crippen molar-refractivity contribution in [2.24, 2.45) is 11.8 Å². The lowest BCUT2D eigenvalue weighted by molar-refractivity contribution is -0.135. The molecule has 3 aliphatic rings. The maximum absolute atomic E-state index is 12.9. The predicted octanol–water partition coefficient (Wildman–Crippen LogP) is 1.35. The van der Waals surface area contributed by atoms with Crippen molar-refractivity contribution in [3.8, 4) is 5.75 Å². The van der Waals surface area contributed by atoms with E-state index in [0.717, 1.165) is 50.5 Å². The number of piperazine rings is 1. The summed E-state index contributed by atoms with van der Waals surface area (Å²) in [7, 11) is 2.10. The number of benzene rings is 1. The minimum absolute atomic E-state index is 0.125. The van der Waals surface area contributed by atoms with Gasteiger partial charge in [0.05, 0.1) is 6.54 Å². The molecule has 3 heterocycles. The second kappa shape index (κ2) is 10.3. The second-order valence-corrected chi connectivity index (χ2v) is 8.89. The van der Waals surface area contributed by atoms with Crippen molar-refractivity contribution in [1.82, 2.24) is 20.0 Å². The first-order valence-electron chi connectivity index (χ1n) is 11.4. The fraction of sp³-hybridized carbons (Fsp3) is 0.583. The van der Waals surface area contributed by atoms with Gasteiger partial charge in [-0.05, 0) is 31.4 Å². The molecule has 0 unspecified atom stereocenters. The quantitative estimate of drug-likeness (QED) is 0.724. The molecule has 3 aliphatic heterocycles. The van der Waals surface area contributed by atoms with Crippen LogP contribution in [-0.4, -0.2) is 86.0 Å². The fourth-order valence-corrected chi connectivity index (χ4v) is 4.71. The van der Waals surface area contributed by atoms with E-state index in [1.807, 2.05) is 40.1 Å². The number of hydrogen-bond acceptors (Lipinski definition) is 5. The van der Waals surface area contributed by atoms with Crippen molar-refractivity contribution in [3.63, 3.8) is 0 Å². The molecule has 31 heavy (non-hydrogen) atoms. The molecule has 2 fully saturated rings. The highest BCUT2D eigenvalue weighted by atomic mass is 16.5. The van der Waals surface area contributed by atoms with Crippen LogP contribution in [0.3, 0.4) is 0 Å². The molecule has 4 rings (SSSR count). The fourth-order valence-electron chi connectivity index (χ4n) is 4.71. The van der Waals surface area contributed by atoms with Crippen LogP contribution in [0.15, 0.2) is 36.4 Å². The topological polar surface area (TPSA) is 65.1 Å². The number of fused-ring (bicyclic) bond motifs is 3. The highest BCUT2D eigenvalue weighted by molar-refractivity contribution is 5.79. The molecule has 0 aliphatic carbocycles. The molecule has 2 atom stereocenters. The highest BCUT2D eigenvalue weighted by Crippen LogP contribution is 2.29. The number of para-hydroxylation sites is 1. The maximum Gasteiger partial charge on any atom is 0.236 e. The predicted molar refractivity (Wildman–Crippen MR) is 120 cm³/mol. The summed E-state index contributed by atoms with van der Waals surface area (Å²) >= 11 is 0. The van der Waals surface area contributed by atoms with Crippen LogP contribution in [0.2, 0.25) is 0 Å². The van der Waals surface area contributed by atoms with Crippen LogP contribution in [0.1, 0.15) is 18.4 Å². The molecule has 2 bridgehead atoms. The van der Waals surface area contributed by atoms with E-state index in [1.165, 1.54) is 0 Å². The van der Waals surface area contributed by atoms with Gasteiger partial charge in [-0.3, -0.25) is 9.59 Å².